The third-order valence-corrected chi connectivity index (χ3v) is 6.02. The van der Waals surface area contributed by atoms with Gasteiger partial charge in [0.25, 0.3) is 6.23 Å². The van der Waals surface area contributed by atoms with Gasteiger partial charge in [0.2, 0.25) is 5.78 Å². The van der Waals surface area contributed by atoms with Crippen molar-refractivity contribution in [3.05, 3.63) is 93.5 Å². The van der Waals surface area contributed by atoms with Gasteiger partial charge in [0.15, 0.2) is 0 Å². The van der Waals surface area contributed by atoms with E-state index in [-0.39, 0.29) is 11.8 Å². The molecule has 3 aromatic carbocycles. The number of Topliss-reactive ketones (excluding diaryl/α,β-unsaturated/α-hetero) is 1. The summed E-state index contributed by atoms with van der Waals surface area (Å²) in [5.74, 6) is 1.24. The van der Waals surface area contributed by atoms with Gasteiger partial charge in [-0.15, -0.1) is 0 Å². The molecule has 5 nitrogen and oxygen atoms in total. The molecule has 0 fully saturated rings. The number of carbonyl (C=O) groups excluding carboxylic acids is 1. The number of rotatable bonds is 4. The summed E-state index contributed by atoms with van der Waals surface area (Å²) in [5, 5.41) is 7.73. The van der Waals surface area contributed by atoms with Gasteiger partial charge < -0.3 is 9.47 Å². The molecule has 0 N–H and O–H groups in total. The normalized spacial score (nSPS) is 19.2. The zero-order valence-electron chi connectivity index (χ0n) is 16.6. The fourth-order valence-electron chi connectivity index (χ4n) is 3.95. The smallest absolute Gasteiger partial charge is 0.251 e. The van der Waals surface area contributed by atoms with Gasteiger partial charge >= 0.3 is 0 Å². The van der Waals surface area contributed by atoms with Crippen LogP contribution >= 0.6 is 23.2 Å². The van der Waals surface area contributed by atoms with E-state index in [0.29, 0.717) is 27.8 Å². The van der Waals surface area contributed by atoms with E-state index in [2.05, 4.69) is 0 Å². The highest BCUT2D eigenvalue weighted by molar-refractivity contribution is 6.31. The number of methoxy groups -OCH3 is 1. The van der Waals surface area contributed by atoms with Gasteiger partial charge in [-0.25, -0.2) is 5.01 Å². The Hall–Kier alpha value is -3.02. The highest BCUT2D eigenvalue weighted by Crippen LogP contribution is 2.44. The van der Waals surface area contributed by atoms with Crippen LogP contribution < -0.4 is 9.47 Å². The molecule has 0 amide bonds. The Balaban J connectivity index is 1.55. The van der Waals surface area contributed by atoms with Crippen molar-refractivity contribution in [1.29, 1.82) is 0 Å². The van der Waals surface area contributed by atoms with E-state index in [1.165, 1.54) is 0 Å². The van der Waals surface area contributed by atoms with Crippen LogP contribution in [0.15, 0.2) is 71.8 Å². The number of carbonyl (C=O) groups is 1. The number of hydrazone groups is 1. The van der Waals surface area contributed by atoms with Crippen LogP contribution in [0.5, 0.6) is 11.5 Å². The molecule has 156 valence electrons. The van der Waals surface area contributed by atoms with Crippen molar-refractivity contribution in [3.63, 3.8) is 0 Å². The summed E-state index contributed by atoms with van der Waals surface area (Å²) < 4.78 is 11.4. The van der Waals surface area contributed by atoms with Crippen molar-refractivity contribution in [2.24, 2.45) is 5.10 Å². The summed E-state index contributed by atoms with van der Waals surface area (Å²) in [7, 11) is 1.63. The lowest BCUT2D eigenvalue weighted by molar-refractivity contribution is -0.00455. The molecule has 0 saturated heterocycles. The molecule has 0 saturated carbocycles. The Morgan fingerprint density at radius 3 is 2.45 bits per heavy atom. The Kier molecular flexibility index (Phi) is 5.08. The topological polar surface area (TPSA) is 51.1 Å². The van der Waals surface area contributed by atoms with Gasteiger partial charge in [0.05, 0.1) is 18.9 Å². The molecule has 31 heavy (non-hydrogen) atoms. The van der Waals surface area contributed by atoms with E-state index in [1.807, 2.05) is 36.4 Å². The SMILES string of the molecule is COc1ccc(C2=NN3C(C(=O)c4ccc(Cl)cc4)Oc4ccc(Cl)cc4C3C2)cc1. The van der Waals surface area contributed by atoms with E-state index >= 15 is 0 Å². The van der Waals surface area contributed by atoms with Crippen molar-refractivity contribution in [2.45, 2.75) is 18.7 Å². The number of benzene rings is 3. The number of hydrogen-bond donors (Lipinski definition) is 0. The van der Waals surface area contributed by atoms with Crippen LogP contribution in [0.1, 0.15) is 33.9 Å². The van der Waals surface area contributed by atoms with Crippen LogP contribution in [0.4, 0.5) is 0 Å². The van der Waals surface area contributed by atoms with E-state index in [1.54, 1.807) is 42.5 Å². The summed E-state index contributed by atoms with van der Waals surface area (Å²) in [6.45, 7) is 0. The van der Waals surface area contributed by atoms with Gasteiger partial charge in [-0.2, -0.15) is 5.10 Å². The Morgan fingerprint density at radius 1 is 1.03 bits per heavy atom. The van der Waals surface area contributed by atoms with Gasteiger partial charge in [-0.1, -0.05) is 23.2 Å². The first-order valence-corrected chi connectivity index (χ1v) is 10.6. The van der Waals surface area contributed by atoms with Crippen LogP contribution in [-0.4, -0.2) is 29.8 Å². The molecular formula is C24H18Cl2N2O3. The third kappa shape index (κ3) is 3.64. The molecule has 0 bridgehead atoms. The minimum absolute atomic E-state index is 0.152. The van der Waals surface area contributed by atoms with E-state index in [0.717, 1.165) is 22.6 Å². The predicted molar refractivity (Wildman–Crippen MR) is 120 cm³/mol. The van der Waals surface area contributed by atoms with Gasteiger partial charge in [-0.3, -0.25) is 4.79 Å². The number of halogens is 2. The molecule has 0 radical (unpaired) electrons. The van der Waals surface area contributed by atoms with Gasteiger partial charge in [0, 0.05) is 27.6 Å². The number of fused-ring (bicyclic) bond motifs is 3. The molecule has 0 aliphatic carbocycles. The van der Waals surface area contributed by atoms with Crippen LogP contribution in [0, 0.1) is 0 Å². The molecule has 0 aromatic heterocycles. The highest BCUT2D eigenvalue weighted by Gasteiger charge is 2.43. The molecule has 2 heterocycles. The standard InChI is InChI=1S/C24H18Cl2N2O3/c1-30-18-9-4-14(5-10-18)20-13-21-19-12-17(26)8-11-22(19)31-24(28(21)27-20)23(29)15-2-6-16(25)7-3-15/h2-12,21,24H,13H2,1H3. The highest BCUT2D eigenvalue weighted by atomic mass is 35.5. The summed E-state index contributed by atoms with van der Waals surface area (Å²) in [6, 6.07) is 19.8. The molecule has 2 aliphatic heterocycles. The van der Waals surface area contributed by atoms with Crippen LogP contribution in [0.25, 0.3) is 0 Å². The maximum Gasteiger partial charge on any atom is 0.251 e. The van der Waals surface area contributed by atoms with E-state index in [9.17, 15) is 4.79 Å². The molecule has 7 heteroatoms. The number of hydrogen-bond acceptors (Lipinski definition) is 5. The van der Waals surface area contributed by atoms with Crippen molar-refractivity contribution in [1.82, 2.24) is 5.01 Å². The lowest BCUT2D eigenvalue weighted by Gasteiger charge is -2.37. The molecule has 2 aliphatic rings. The lowest BCUT2D eigenvalue weighted by atomic mass is 9.95. The summed E-state index contributed by atoms with van der Waals surface area (Å²) in [6.07, 6.45) is -0.247. The second kappa shape index (κ2) is 7.91. The summed E-state index contributed by atoms with van der Waals surface area (Å²) in [4.78, 5) is 13.3. The average molecular weight is 453 g/mol. The molecular weight excluding hydrogens is 435 g/mol. The monoisotopic (exact) mass is 452 g/mol. The Labute approximate surface area is 189 Å². The molecule has 5 rings (SSSR count). The average Bonchev–Trinajstić information content (AvgIpc) is 3.24. The zero-order chi connectivity index (χ0) is 21.5. The quantitative estimate of drug-likeness (QED) is 0.472. The fraction of sp³-hybridized carbons (Fsp3) is 0.167. The number of ether oxygens (including phenoxy) is 2. The maximum atomic E-state index is 13.3. The third-order valence-electron chi connectivity index (χ3n) is 5.53. The molecule has 0 spiro atoms. The maximum absolute atomic E-state index is 13.3. The molecule has 3 aromatic rings. The Morgan fingerprint density at radius 2 is 1.74 bits per heavy atom. The van der Waals surface area contributed by atoms with Gasteiger partial charge in [-0.05, 0) is 72.3 Å². The van der Waals surface area contributed by atoms with Crippen molar-refractivity contribution in [3.8, 4) is 11.5 Å². The largest absolute Gasteiger partial charge is 0.497 e. The van der Waals surface area contributed by atoms with Crippen LogP contribution in [0.3, 0.4) is 0 Å². The first kappa shape index (κ1) is 19.9. The number of nitrogens with zero attached hydrogens (tertiary/aromatic N) is 2. The van der Waals surface area contributed by atoms with Crippen LogP contribution in [-0.2, 0) is 0 Å². The van der Waals surface area contributed by atoms with E-state index in [4.69, 9.17) is 37.8 Å². The first-order chi connectivity index (χ1) is 15.0. The second-order valence-corrected chi connectivity index (χ2v) is 8.27. The van der Waals surface area contributed by atoms with E-state index < -0.39 is 6.23 Å². The minimum atomic E-state index is -0.879. The minimum Gasteiger partial charge on any atom is -0.497 e. The summed E-state index contributed by atoms with van der Waals surface area (Å²) >= 11 is 12.2. The Bertz CT molecular complexity index is 1180. The van der Waals surface area contributed by atoms with Crippen LogP contribution in [0.2, 0.25) is 10.0 Å². The first-order valence-electron chi connectivity index (χ1n) is 9.79. The lowest BCUT2D eigenvalue weighted by Crippen LogP contribution is -2.45. The predicted octanol–water partition coefficient (Wildman–Crippen LogP) is 5.75. The zero-order valence-corrected chi connectivity index (χ0v) is 18.1. The van der Waals surface area contributed by atoms with Gasteiger partial charge in [0.1, 0.15) is 11.5 Å². The number of ketones is 1. The van der Waals surface area contributed by atoms with Crippen molar-refractivity contribution in [2.75, 3.05) is 7.11 Å². The molecule has 2 unspecified atom stereocenters. The van der Waals surface area contributed by atoms with Crippen molar-refractivity contribution < 1.29 is 14.3 Å². The van der Waals surface area contributed by atoms with Crippen molar-refractivity contribution >= 4 is 34.7 Å². The fourth-order valence-corrected chi connectivity index (χ4v) is 4.25. The summed E-state index contributed by atoms with van der Waals surface area (Å²) in [5.41, 5.74) is 3.27. The molecule has 2 atom stereocenters. The second-order valence-electron chi connectivity index (χ2n) is 7.40.